The number of benzene rings is 1. The van der Waals surface area contributed by atoms with Gasteiger partial charge in [-0.15, -0.1) is 0 Å². The van der Waals surface area contributed by atoms with Crippen LogP contribution in [0.15, 0.2) is 24.3 Å². The van der Waals surface area contributed by atoms with Crippen LogP contribution in [0.25, 0.3) is 0 Å². The maximum atomic E-state index is 11.4. The van der Waals surface area contributed by atoms with Crippen LogP contribution in [-0.2, 0) is 9.53 Å². The minimum Gasteiger partial charge on any atom is -0.469 e. The van der Waals surface area contributed by atoms with Crippen LogP contribution >= 0.6 is 0 Å². The van der Waals surface area contributed by atoms with Crippen molar-refractivity contribution in [2.45, 2.75) is 31.6 Å². The minimum absolute atomic E-state index is 0.0699. The Hall–Kier alpha value is -1.64. The summed E-state index contributed by atoms with van der Waals surface area (Å²) in [5.74, 6) is 0.497. The summed E-state index contributed by atoms with van der Waals surface area (Å²) in [7, 11) is 1.45. The maximum Gasteiger partial charge on any atom is 0.308 e. The molecule has 1 aromatic rings. The molecule has 0 unspecified atom stereocenters. The van der Waals surface area contributed by atoms with E-state index in [-0.39, 0.29) is 11.9 Å². The van der Waals surface area contributed by atoms with E-state index < -0.39 is 0 Å². The molecule has 0 amide bonds. The Labute approximate surface area is 107 Å². The second kappa shape index (κ2) is 5.80. The molecule has 1 saturated carbocycles. The summed E-state index contributed by atoms with van der Waals surface area (Å²) in [5.41, 5.74) is 1.98. The van der Waals surface area contributed by atoms with E-state index in [0.29, 0.717) is 11.5 Å². The van der Waals surface area contributed by atoms with Crippen molar-refractivity contribution < 1.29 is 14.3 Å². The minimum atomic E-state index is -0.0789. The second-order valence-electron chi connectivity index (χ2n) is 4.86. The molecule has 18 heavy (non-hydrogen) atoms. The number of ether oxygens (including phenoxy) is 1. The third kappa shape index (κ3) is 2.78. The topological polar surface area (TPSA) is 43.4 Å². The first-order chi connectivity index (χ1) is 8.74. The van der Waals surface area contributed by atoms with Crippen LogP contribution in [0.5, 0.6) is 0 Å². The Balaban J connectivity index is 1.96. The van der Waals surface area contributed by atoms with Gasteiger partial charge in [0.2, 0.25) is 0 Å². The molecule has 0 atom stereocenters. The van der Waals surface area contributed by atoms with Crippen molar-refractivity contribution in [1.82, 2.24) is 0 Å². The number of esters is 1. The zero-order chi connectivity index (χ0) is 13.0. The Morgan fingerprint density at radius 3 is 2.28 bits per heavy atom. The molecule has 3 nitrogen and oxygen atoms in total. The predicted octanol–water partition coefficient (Wildman–Crippen LogP) is 2.95. The standard InChI is InChI=1S/C15H18O3/c1-18-15(17)14-8-6-13(7-9-14)12-4-2-11(10-16)3-5-12/h2-5,10,13-14H,6-9H2,1H3. The zero-order valence-corrected chi connectivity index (χ0v) is 10.6. The van der Waals surface area contributed by atoms with Gasteiger partial charge in [-0.05, 0) is 37.2 Å². The summed E-state index contributed by atoms with van der Waals surface area (Å²) >= 11 is 0. The monoisotopic (exact) mass is 246 g/mol. The van der Waals surface area contributed by atoms with Crippen LogP contribution in [0.1, 0.15) is 47.5 Å². The summed E-state index contributed by atoms with van der Waals surface area (Å²) in [5, 5.41) is 0. The van der Waals surface area contributed by atoms with Gasteiger partial charge >= 0.3 is 5.97 Å². The van der Waals surface area contributed by atoms with Gasteiger partial charge in [0.15, 0.2) is 0 Å². The largest absolute Gasteiger partial charge is 0.469 e. The molecule has 96 valence electrons. The van der Waals surface area contributed by atoms with Crippen LogP contribution in [0.4, 0.5) is 0 Å². The number of hydrogen-bond donors (Lipinski definition) is 0. The van der Waals surface area contributed by atoms with Gasteiger partial charge in [-0.2, -0.15) is 0 Å². The van der Waals surface area contributed by atoms with E-state index in [2.05, 4.69) is 0 Å². The van der Waals surface area contributed by atoms with Gasteiger partial charge in [0.1, 0.15) is 6.29 Å². The van der Waals surface area contributed by atoms with E-state index in [1.807, 2.05) is 24.3 Å². The van der Waals surface area contributed by atoms with Gasteiger partial charge in [-0.3, -0.25) is 9.59 Å². The summed E-state index contributed by atoms with van der Waals surface area (Å²) in [6.45, 7) is 0. The van der Waals surface area contributed by atoms with E-state index >= 15 is 0 Å². The first-order valence-electron chi connectivity index (χ1n) is 6.37. The molecule has 2 rings (SSSR count). The van der Waals surface area contributed by atoms with E-state index in [4.69, 9.17) is 4.74 Å². The second-order valence-corrected chi connectivity index (χ2v) is 4.86. The third-order valence-corrected chi connectivity index (χ3v) is 3.81. The Morgan fingerprint density at radius 1 is 1.17 bits per heavy atom. The zero-order valence-electron chi connectivity index (χ0n) is 10.6. The SMILES string of the molecule is COC(=O)C1CCC(c2ccc(C=O)cc2)CC1. The van der Waals surface area contributed by atoms with E-state index in [1.54, 1.807) is 0 Å². The molecule has 0 spiro atoms. The van der Waals surface area contributed by atoms with E-state index in [9.17, 15) is 9.59 Å². The molecule has 0 heterocycles. The lowest BCUT2D eigenvalue weighted by molar-refractivity contribution is -0.146. The molecule has 0 radical (unpaired) electrons. The van der Waals surface area contributed by atoms with Crippen molar-refractivity contribution in [2.75, 3.05) is 7.11 Å². The van der Waals surface area contributed by atoms with Gasteiger partial charge in [-0.25, -0.2) is 0 Å². The van der Waals surface area contributed by atoms with Crippen LogP contribution in [-0.4, -0.2) is 19.4 Å². The van der Waals surface area contributed by atoms with Crippen molar-refractivity contribution in [2.24, 2.45) is 5.92 Å². The average molecular weight is 246 g/mol. The lowest BCUT2D eigenvalue weighted by Crippen LogP contribution is -2.22. The number of hydrogen-bond acceptors (Lipinski definition) is 3. The van der Waals surface area contributed by atoms with Crippen molar-refractivity contribution in [3.8, 4) is 0 Å². The fourth-order valence-electron chi connectivity index (χ4n) is 2.68. The molecule has 0 aliphatic heterocycles. The first kappa shape index (κ1) is 12.8. The molecule has 0 bridgehead atoms. The van der Waals surface area contributed by atoms with Gasteiger partial charge < -0.3 is 4.74 Å². The number of carbonyl (C=O) groups is 2. The maximum absolute atomic E-state index is 11.4. The van der Waals surface area contributed by atoms with Crippen molar-refractivity contribution in [3.05, 3.63) is 35.4 Å². The third-order valence-electron chi connectivity index (χ3n) is 3.81. The molecule has 1 aromatic carbocycles. The summed E-state index contributed by atoms with van der Waals surface area (Å²) in [4.78, 5) is 22.0. The number of rotatable bonds is 3. The highest BCUT2D eigenvalue weighted by molar-refractivity contribution is 5.74. The number of carbonyl (C=O) groups excluding carboxylic acids is 2. The highest BCUT2D eigenvalue weighted by Gasteiger charge is 2.27. The Bertz CT molecular complexity index is 414. The van der Waals surface area contributed by atoms with Crippen LogP contribution in [0.3, 0.4) is 0 Å². The fourth-order valence-corrected chi connectivity index (χ4v) is 2.68. The van der Waals surface area contributed by atoms with E-state index in [0.717, 1.165) is 32.0 Å². The molecular weight excluding hydrogens is 228 g/mol. The average Bonchev–Trinajstić information content (AvgIpc) is 2.47. The Morgan fingerprint density at radius 2 is 1.78 bits per heavy atom. The summed E-state index contributed by atoms with van der Waals surface area (Å²) in [6.07, 6.45) is 4.68. The van der Waals surface area contributed by atoms with Crippen LogP contribution < -0.4 is 0 Å². The summed E-state index contributed by atoms with van der Waals surface area (Å²) in [6, 6.07) is 7.75. The fraction of sp³-hybridized carbons (Fsp3) is 0.467. The molecule has 0 saturated heterocycles. The number of methoxy groups -OCH3 is 1. The molecule has 1 aliphatic carbocycles. The first-order valence-corrected chi connectivity index (χ1v) is 6.37. The molecule has 3 heteroatoms. The van der Waals surface area contributed by atoms with Crippen molar-refractivity contribution in [3.63, 3.8) is 0 Å². The number of aldehydes is 1. The van der Waals surface area contributed by atoms with Gasteiger partial charge in [-0.1, -0.05) is 24.3 Å². The smallest absolute Gasteiger partial charge is 0.308 e. The highest BCUT2D eigenvalue weighted by atomic mass is 16.5. The molecule has 1 fully saturated rings. The lowest BCUT2D eigenvalue weighted by Gasteiger charge is -2.27. The van der Waals surface area contributed by atoms with Gasteiger partial charge in [0.05, 0.1) is 13.0 Å². The van der Waals surface area contributed by atoms with Crippen LogP contribution in [0, 0.1) is 5.92 Å². The molecular formula is C15H18O3. The molecule has 0 aromatic heterocycles. The normalized spacial score (nSPS) is 23.4. The quantitative estimate of drug-likeness (QED) is 0.608. The predicted molar refractivity (Wildman–Crippen MR) is 68.5 cm³/mol. The molecule has 1 aliphatic rings. The molecule has 0 N–H and O–H groups in total. The van der Waals surface area contributed by atoms with Crippen LogP contribution in [0.2, 0.25) is 0 Å². The van der Waals surface area contributed by atoms with Gasteiger partial charge in [0, 0.05) is 5.56 Å². The Kier molecular flexibility index (Phi) is 4.13. The van der Waals surface area contributed by atoms with E-state index in [1.165, 1.54) is 12.7 Å². The lowest BCUT2D eigenvalue weighted by atomic mass is 9.78. The van der Waals surface area contributed by atoms with Crippen molar-refractivity contribution in [1.29, 1.82) is 0 Å². The van der Waals surface area contributed by atoms with Crippen molar-refractivity contribution >= 4 is 12.3 Å². The highest BCUT2D eigenvalue weighted by Crippen LogP contribution is 2.36. The summed E-state index contributed by atoms with van der Waals surface area (Å²) < 4.78 is 4.78. The van der Waals surface area contributed by atoms with Gasteiger partial charge in [0.25, 0.3) is 0 Å².